The first kappa shape index (κ1) is 24.4. The number of fused-ring (bicyclic) bond motifs is 1. The van der Waals surface area contributed by atoms with Gasteiger partial charge in [-0.2, -0.15) is 0 Å². The van der Waals surface area contributed by atoms with Gasteiger partial charge in [-0.25, -0.2) is 4.99 Å². The van der Waals surface area contributed by atoms with E-state index in [1.807, 2.05) is 30.3 Å². The number of ether oxygens (including phenoxy) is 2. The highest BCUT2D eigenvalue weighted by Crippen LogP contribution is 2.36. The second-order valence-corrected chi connectivity index (χ2v) is 9.72. The normalized spacial score (nSPS) is 14.3. The number of nitrogens with zero attached hydrogens (tertiary/aromatic N) is 2. The number of hydrogen-bond donors (Lipinski definition) is 1. The van der Waals surface area contributed by atoms with Crippen LogP contribution in [-0.2, 0) is 0 Å². The van der Waals surface area contributed by atoms with E-state index in [0.717, 1.165) is 40.4 Å². The number of rotatable bonds is 6. The molecule has 1 N–H and O–H groups in total. The van der Waals surface area contributed by atoms with Gasteiger partial charge in [-0.05, 0) is 61.8 Å². The van der Waals surface area contributed by atoms with E-state index >= 15 is 0 Å². The molecule has 1 aliphatic rings. The molecular weight excluding hydrogens is 493 g/mol. The molecule has 5 nitrogen and oxygen atoms in total. The third kappa shape index (κ3) is 5.13. The van der Waals surface area contributed by atoms with Gasteiger partial charge >= 0.3 is 0 Å². The Morgan fingerprint density at radius 2 is 1.72 bits per heavy atom. The fourth-order valence-electron chi connectivity index (χ4n) is 4.55. The number of anilines is 1. The number of benzene rings is 3. The van der Waals surface area contributed by atoms with E-state index in [1.54, 1.807) is 7.11 Å². The number of amidine groups is 1. The van der Waals surface area contributed by atoms with E-state index < -0.39 is 0 Å². The van der Waals surface area contributed by atoms with Gasteiger partial charge < -0.3 is 14.8 Å². The van der Waals surface area contributed by atoms with Gasteiger partial charge in [0, 0.05) is 23.3 Å². The minimum absolute atomic E-state index is 0.187. The van der Waals surface area contributed by atoms with Crippen molar-refractivity contribution in [3.8, 4) is 11.5 Å². The van der Waals surface area contributed by atoms with Gasteiger partial charge in [0.1, 0.15) is 11.5 Å². The molecule has 1 fully saturated rings. The zero-order valence-electron chi connectivity index (χ0n) is 20.2. The molecule has 1 aromatic heterocycles. The summed E-state index contributed by atoms with van der Waals surface area (Å²) in [7, 11) is 1.65. The van der Waals surface area contributed by atoms with Crippen LogP contribution < -0.4 is 14.8 Å². The first-order valence-corrected chi connectivity index (χ1v) is 12.8. The molecule has 0 spiro atoms. The summed E-state index contributed by atoms with van der Waals surface area (Å²) in [6, 6.07) is 18.3. The van der Waals surface area contributed by atoms with Gasteiger partial charge in [0.2, 0.25) is 0 Å². The van der Waals surface area contributed by atoms with E-state index in [0.29, 0.717) is 33.1 Å². The molecule has 4 aromatic rings. The van der Waals surface area contributed by atoms with Crippen LogP contribution in [0.5, 0.6) is 11.5 Å². The van der Waals surface area contributed by atoms with Crippen molar-refractivity contribution in [2.75, 3.05) is 12.4 Å². The lowest BCUT2D eigenvalue weighted by atomic mass is 10.0. The average molecular weight is 520 g/mol. The number of pyridine rings is 1. The fraction of sp³-hybridized carbons (Fsp3) is 0.241. The summed E-state index contributed by atoms with van der Waals surface area (Å²) >= 11 is 12.9. The Labute approximate surface area is 221 Å². The molecule has 3 aromatic carbocycles. The van der Waals surface area contributed by atoms with Crippen LogP contribution in [0.2, 0.25) is 10.0 Å². The van der Waals surface area contributed by atoms with Crippen molar-refractivity contribution in [2.45, 2.75) is 38.7 Å². The number of methoxy groups -OCH3 is 1. The summed E-state index contributed by atoms with van der Waals surface area (Å²) in [4.78, 5) is 8.97. The van der Waals surface area contributed by atoms with Gasteiger partial charge in [-0.15, -0.1) is 0 Å². The van der Waals surface area contributed by atoms with Crippen molar-refractivity contribution >= 4 is 51.2 Å². The molecule has 1 heterocycles. The Balaban J connectivity index is 1.64. The maximum absolute atomic E-state index is 6.46. The Morgan fingerprint density at radius 3 is 2.47 bits per heavy atom. The molecule has 1 aliphatic carbocycles. The Kier molecular flexibility index (Phi) is 7.30. The molecule has 1 saturated carbocycles. The minimum Gasteiger partial charge on any atom is -0.493 e. The standard InChI is InChI=1S/C29H27Cl2N3O2/c1-18-11-12-19-7-3-6-10-22(19)27(18)33-29(34-28-23(30)16-32-17-24(28)31)20-13-14-25(35-2)26(15-20)36-21-8-4-5-9-21/h3,6-7,10-17,21H,4-5,8-9H2,1-2H3,(H,32,33,34). The SMILES string of the molecule is COc1ccc(C(=Nc2c(Cl)cncc2Cl)Nc2c(C)ccc3ccccc23)cc1OC1CCCC1. The Bertz CT molecular complexity index is 1410. The zero-order chi connectivity index (χ0) is 25.1. The monoisotopic (exact) mass is 519 g/mol. The third-order valence-electron chi connectivity index (χ3n) is 6.47. The van der Waals surface area contributed by atoms with Crippen LogP contribution in [-0.4, -0.2) is 24.0 Å². The van der Waals surface area contributed by atoms with Crippen molar-refractivity contribution in [1.29, 1.82) is 0 Å². The van der Waals surface area contributed by atoms with Gasteiger partial charge in [-0.3, -0.25) is 4.98 Å². The lowest BCUT2D eigenvalue weighted by molar-refractivity contribution is 0.201. The molecule has 0 amide bonds. The van der Waals surface area contributed by atoms with E-state index in [9.17, 15) is 0 Å². The summed E-state index contributed by atoms with van der Waals surface area (Å²) in [5, 5.41) is 6.54. The summed E-state index contributed by atoms with van der Waals surface area (Å²) in [5.74, 6) is 1.97. The van der Waals surface area contributed by atoms with Gasteiger partial charge in [-0.1, -0.05) is 59.6 Å². The summed E-state index contributed by atoms with van der Waals surface area (Å²) in [5.41, 5.74) is 3.31. The quantitative estimate of drug-likeness (QED) is 0.205. The van der Waals surface area contributed by atoms with Crippen LogP contribution in [0, 0.1) is 6.92 Å². The second-order valence-electron chi connectivity index (χ2n) is 8.91. The first-order valence-electron chi connectivity index (χ1n) is 12.0. The van der Waals surface area contributed by atoms with E-state index in [1.165, 1.54) is 25.2 Å². The molecule has 0 radical (unpaired) electrons. The smallest absolute Gasteiger partial charge is 0.162 e. The average Bonchev–Trinajstić information content (AvgIpc) is 3.40. The molecule has 7 heteroatoms. The van der Waals surface area contributed by atoms with Crippen molar-refractivity contribution in [1.82, 2.24) is 4.98 Å². The predicted octanol–water partition coefficient (Wildman–Crippen LogP) is 8.37. The zero-order valence-corrected chi connectivity index (χ0v) is 21.7. The van der Waals surface area contributed by atoms with Gasteiger partial charge in [0.25, 0.3) is 0 Å². The summed E-state index contributed by atoms with van der Waals surface area (Å²) in [6.45, 7) is 2.07. The molecule has 5 rings (SSSR count). The molecule has 184 valence electrons. The van der Waals surface area contributed by atoms with Gasteiger partial charge in [0.05, 0.1) is 28.9 Å². The number of halogens is 2. The fourth-order valence-corrected chi connectivity index (χ4v) is 5.00. The third-order valence-corrected chi connectivity index (χ3v) is 7.02. The lowest BCUT2D eigenvalue weighted by Gasteiger charge is -2.19. The molecule has 0 atom stereocenters. The highest BCUT2D eigenvalue weighted by Gasteiger charge is 2.20. The number of aryl methyl sites for hydroxylation is 1. The summed E-state index contributed by atoms with van der Waals surface area (Å²) < 4.78 is 12.0. The van der Waals surface area contributed by atoms with Gasteiger partial charge in [0.15, 0.2) is 11.5 Å². The topological polar surface area (TPSA) is 55.7 Å². The van der Waals surface area contributed by atoms with E-state index in [-0.39, 0.29) is 6.10 Å². The lowest BCUT2D eigenvalue weighted by Crippen LogP contribution is -2.16. The molecule has 0 bridgehead atoms. The van der Waals surface area contributed by atoms with Crippen LogP contribution in [0.1, 0.15) is 36.8 Å². The van der Waals surface area contributed by atoms with E-state index in [4.69, 9.17) is 37.7 Å². The molecule has 36 heavy (non-hydrogen) atoms. The van der Waals surface area contributed by atoms with E-state index in [2.05, 4.69) is 41.5 Å². The summed E-state index contributed by atoms with van der Waals surface area (Å²) in [6.07, 6.45) is 7.71. The number of aromatic nitrogens is 1. The molecule has 0 aliphatic heterocycles. The van der Waals surface area contributed by atoms with Crippen molar-refractivity contribution < 1.29 is 9.47 Å². The van der Waals surface area contributed by atoms with Crippen LogP contribution in [0.15, 0.2) is 72.0 Å². The highest BCUT2D eigenvalue weighted by atomic mass is 35.5. The molecule has 0 unspecified atom stereocenters. The Hall–Kier alpha value is -3.28. The van der Waals surface area contributed by atoms with Crippen molar-refractivity contribution in [3.05, 3.63) is 88.2 Å². The maximum atomic E-state index is 6.46. The van der Waals surface area contributed by atoms with Crippen LogP contribution in [0.3, 0.4) is 0 Å². The number of nitrogens with one attached hydrogen (secondary N) is 1. The first-order chi connectivity index (χ1) is 17.5. The Morgan fingerprint density at radius 1 is 0.972 bits per heavy atom. The predicted molar refractivity (Wildman–Crippen MR) is 149 cm³/mol. The second kappa shape index (κ2) is 10.8. The largest absolute Gasteiger partial charge is 0.493 e. The number of aliphatic imine (C=N–C) groups is 1. The van der Waals surface area contributed by atoms with Crippen LogP contribution in [0.25, 0.3) is 10.8 Å². The molecule has 0 saturated heterocycles. The minimum atomic E-state index is 0.187. The van der Waals surface area contributed by atoms with Crippen molar-refractivity contribution in [2.24, 2.45) is 4.99 Å². The van der Waals surface area contributed by atoms with Crippen LogP contribution in [0.4, 0.5) is 11.4 Å². The number of hydrogen-bond acceptors (Lipinski definition) is 4. The molecular formula is C29H27Cl2N3O2. The maximum Gasteiger partial charge on any atom is 0.162 e. The van der Waals surface area contributed by atoms with Crippen LogP contribution >= 0.6 is 23.2 Å². The highest BCUT2D eigenvalue weighted by molar-refractivity contribution is 6.38. The van der Waals surface area contributed by atoms with Crippen molar-refractivity contribution in [3.63, 3.8) is 0 Å².